The first-order chi connectivity index (χ1) is 16.1. The highest BCUT2D eigenvalue weighted by molar-refractivity contribution is 5.82. The molecule has 1 saturated carbocycles. The van der Waals surface area contributed by atoms with E-state index < -0.39 is 11.6 Å². The molecule has 1 aromatic carbocycles. The van der Waals surface area contributed by atoms with Gasteiger partial charge in [-0.2, -0.15) is 0 Å². The molecule has 7 nitrogen and oxygen atoms in total. The number of amides is 2. The van der Waals surface area contributed by atoms with Crippen LogP contribution in [0, 0.1) is 5.82 Å². The van der Waals surface area contributed by atoms with Crippen molar-refractivity contribution in [2.45, 2.75) is 63.6 Å². The summed E-state index contributed by atoms with van der Waals surface area (Å²) >= 11 is 0. The van der Waals surface area contributed by atoms with E-state index in [1.807, 2.05) is 39.0 Å². The zero-order valence-electron chi connectivity index (χ0n) is 20.7. The Bertz CT molecular complexity index is 847. The van der Waals surface area contributed by atoms with Gasteiger partial charge in [-0.05, 0) is 64.3 Å². The monoisotopic (exact) mass is 474 g/mol. The van der Waals surface area contributed by atoms with Crippen LogP contribution < -0.4 is 5.73 Å². The lowest BCUT2D eigenvalue weighted by Gasteiger charge is -2.36. The van der Waals surface area contributed by atoms with Crippen molar-refractivity contribution in [3.05, 3.63) is 48.3 Å². The first kappa shape index (κ1) is 26.2. The van der Waals surface area contributed by atoms with Gasteiger partial charge in [0.05, 0.1) is 6.04 Å². The van der Waals surface area contributed by atoms with Crippen LogP contribution in [0.25, 0.3) is 0 Å². The topological polar surface area (TPSA) is 79.1 Å². The molecule has 0 spiro atoms. The Morgan fingerprint density at radius 3 is 2.41 bits per heavy atom. The molecule has 2 amide bonds. The van der Waals surface area contributed by atoms with Crippen LogP contribution in [-0.2, 0) is 9.53 Å². The molecule has 0 unspecified atom stereocenters. The minimum absolute atomic E-state index is 0.0604. The molecule has 1 aliphatic heterocycles. The van der Waals surface area contributed by atoms with E-state index in [1.54, 1.807) is 9.80 Å². The van der Waals surface area contributed by atoms with Crippen LogP contribution in [0.1, 0.15) is 51.5 Å². The summed E-state index contributed by atoms with van der Waals surface area (Å²) in [7, 11) is 0. The number of halogens is 1. The van der Waals surface area contributed by atoms with Gasteiger partial charge in [0.2, 0.25) is 5.91 Å². The van der Waals surface area contributed by atoms with Gasteiger partial charge in [0.25, 0.3) is 0 Å². The highest BCUT2D eigenvalue weighted by Gasteiger charge is 2.42. The van der Waals surface area contributed by atoms with Gasteiger partial charge < -0.3 is 20.3 Å². The van der Waals surface area contributed by atoms with E-state index in [0.29, 0.717) is 44.6 Å². The van der Waals surface area contributed by atoms with E-state index in [9.17, 15) is 14.0 Å². The maximum atomic E-state index is 13.2. The van der Waals surface area contributed by atoms with Gasteiger partial charge in [-0.25, -0.2) is 9.18 Å². The summed E-state index contributed by atoms with van der Waals surface area (Å²) in [6.07, 6.45) is 4.02. The summed E-state index contributed by atoms with van der Waals surface area (Å²) in [6, 6.07) is 6.62. The minimum Gasteiger partial charge on any atom is -0.444 e. The van der Waals surface area contributed by atoms with Gasteiger partial charge in [-0.15, -0.1) is 6.58 Å². The van der Waals surface area contributed by atoms with E-state index in [-0.39, 0.29) is 17.8 Å². The molecular weight excluding hydrogens is 435 g/mol. The van der Waals surface area contributed by atoms with Gasteiger partial charge in [0.15, 0.2) is 0 Å². The molecule has 188 valence electrons. The van der Waals surface area contributed by atoms with Crippen molar-refractivity contribution in [3.63, 3.8) is 0 Å². The van der Waals surface area contributed by atoms with Gasteiger partial charge in [-0.1, -0.05) is 18.2 Å². The summed E-state index contributed by atoms with van der Waals surface area (Å²) in [6.45, 7) is 12.8. The first-order valence-corrected chi connectivity index (χ1v) is 12.2. The van der Waals surface area contributed by atoms with E-state index in [4.69, 9.17) is 10.5 Å². The third kappa shape index (κ3) is 7.27. The molecule has 0 radical (unpaired) electrons. The van der Waals surface area contributed by atoms with E-state index in [0.717, 1.165) is 31.5 Å². The Hall–Kier alpha value is -2.45. The van der Waals surface area contributed by atoms with E-state index in [2.05, 4.69) is 11.5 Å². The third-order valence-electron chi connectivity index (χ3n) is 6.41. The fourth-order valence-electron chi connectivity index (χ4n) is 4.52. The van der Waals surface area contributed by atoms with Gasteiger partial charge in [-0.3, -0.25) is 9.69 Å². The number of carbonyl (C=O) groups excluding carboxylic acids is 2. The molecule has 2 aliphatic rings. The summed E-state index contributed by atoms with van der Waals surface area (Å²) in [5.74, 6) is 0.139. The molecule has 0 bridgehead atoms. The van der Waals surface area contributed by atoms with E-state index in [1.165, 1.54) is 12.1 Å². The molecule has 3 atom stereocenters. The Kier molecular flexibility index (Phi) is 8.71. The van der Waals surface area contributed by atoms with E-state index >= 15 is 0 Å². The second kappa shape index (κ2) is 11.3. The van der Waals surface area contributed by atoms with Crippen molar-refractivity contribution in [2.24, 2.45) is 5.73 Å². The average Bonchev–Trinajstić information content (AvgIpc) is 3.58. The Balaban J connectivity index is 1.41. The SMILES string of the molecule is C=CCN(CCC[C@H](N)C(=O)N1CCN(C(=O)OC(C)(C)C)CC1)[C@@H]1C[C@H]1c1ccc(F)cc1. The molecule has 2 fully saturated rings. The standard InChI is InChI=1S/C26H39FN4O3/c1-5-12-29(23-18-21(23)19-8-10-20(27)11-9-19)13-6-7-22(28)24(32)30-14-16-31(17-15-30)25(33)34-26(2,3)4/h5,8-11,21-23H,1,6-7,12-18,28H2,2-4H3/t21-,22-,23+/m0/s1. The van der Waals surface area contributed by atoms with Gasteiger partial charge in [0, 0.05) is 44.7 Å². The van der Waals surface area contributed by atoms with Crippen LogP contribution in [0.4, 0.5) is 9.18 Å². The highest BCUT2D eigenvalue weighted by Crippen LogP contribution is 2.44. The van der Waals surface area contributed by atoms with Crippen molar-refractivity contribution in [1.82, 2.24) is 14.7 Å². The van der Waals surface area contributed by atoms with Crippen LogP contribution in [0.2, 0.25) is 0 Å². The zero-order valence-corrected chi connectivity index (χ0v) is 20.7. The summed E-state index contributed by atoms with van der Waals surface area (Å²) in [4.78, 5) is 30.8. The lowest BCUT2D eigenvalue weighted by Crippen LogP contribution is -2.55. The van der Waals surface area contributed by atoms with Crippen molar-refractivity contribution in [3.8, 4) is 0 Å². The number of nitrogens with zero attached hydrogens (tertiary/aromatic N) is 3. The molecule has 2 N–H and O–H groups in total. The smallest absolute Gasteiger partial charge is 0.410 e. The lowest BCUT2D eigenvalue weighted by atomic mass is 10.1. The maximum Gasteiger partial charge on any atom is 0.410 e. The summed E-state index contributed by atoms with van der Waals surface area (Å²) in [5.41, 5.74) is 6.87. The maximum absolute atomic E-state index is 13.2. The molecule has 3 rings (SSSR count). The number of hydrogen-bond donors (Lipinski definition) is 1. The predicted molar refractivity (Wildman–Crippen MR) is 131 cm³/mol. The van der Waals surface area contributed by atoms with Crippen LogP contribution in [-0.4, -0.2) is 83.7 Å². The largest absolute Gasteiger partial charge is 0.444 e. The van der Waals surface area contributed by atoms with Crippen molar-refractivity contribution >= 4 is 12.0 Å². The number of benzene rings is 1. The minimum atomic E-state index is -0.550. The number of carbonyl (C=O) groups is 2. The van der Waals surface area contributed by atoms with Crippen molar-refractivity contribution in [2.75, 3.05) is 39.3 Å². The molecule has 34 heavy (non-hydrogen) atoms. The number of piperazine rings is 1. The van der Waals surface area contributed by atoms with Gasteiger partial charge >= 0.3 is 6.09 Å². The number of rotatable bonds is 9. The Morgan fingerprint density at radius 2 is 1.82 bits per heavy atom. The second-order valence-electron chi connectivity index (χ2n) is 10.3. The van der Waals surface area contributed by atoms with Crippen LogP contribution in [0.5, 0.6) is 0 Å². The number of ether oxygens (including phenoxy) is 1. The quantitative estimate of drug-likeness (QED) is 0.556. The molecule has 1 aliphatic carbocycles. The molecule has 0 aromatic heterocycles. The Labute approximate surface area is 202 Å². The first-order valence-electron chi connectivity index (χ1n) is 12.2. The second-order valence-corrected chi connectivity index (χ2v) is 10.3. The molecule has 1 aromatic rings. The third-order valence-corrected chi connectivity index (χ3v) is 6.41. The van der Waals surface area contributed by atoms with Crippen LogP contribution >= 0.6 is 0 Å². The fourth-order valence-corrected chi connectivity index (χ4v) is 4.52. The van der Waals surface area contributed by atoms with Crippen LogP contribution in [0.15, 0.2) is 36.9 Å². The molecule has 8 heteroatoms. The molecule has 1 saturated heterocycles. The summed E-state index contributed by atoms with van der Waals surface area (Å²) in [5, 5.41) is 0. The highest BCUT2D eigenvalue weighted by atomic mass is 19.1. The zero-order chi connectivity index (χ0) is 24.9. The number of hydrogen-bond acceptors (Lipinski definition) is 5. The van der Waals surface area contributed by atoms with Gasteiger partial charge in [0.1, 0.15) is 11.4 Å². The lowest BCUT2D eigenvalue weighted by molar-refractivity contribution is -0.134. The molecular formula is C26H39FN4O3. The van der Waals surface area contributed by atoms with Crippen LogP contribution in [0.3, 0.4) is 0 Å². The summed E-state index contributed by atoms with van der Waals surface area (Å²) < 4.78 is 18.6. The fraction of sp³-hybridized carbons (Fsp3) is 0.615. The van der Waals surface area contributed by atoms with Crippen molar-refractivity contribution < 1.29 is 18.7 Å². The predicted octanol–water partition coefficient (Wildman–Crippen LogP) is 3.36. The number of nitrogens with two attached hydrogens (primary N) is 1. The normalized spacial score (nSPS) is 21.4. The average molecular weight is 475 g/mol. The van der Waals surface area contributed by atoms with Crippen molar-refractivity contribution in [1.29, 1.82) is 0 Å². The Morgan fingerprint density at radius 1 is 1.21 bits per heavy atom. The molecule has 1 heterocycles.